The van der Waals surface area contributed by atoms with Gasteiger partial charge in [-0.3, -0.25) is 0 Å². The Hall–Kier alpha value is -2.19. The third kappa shape index (κ3) is 2.73. The van der Waals surface area contributed by atoms with Crippen molar-refractivity contribution in [1.29, 1.82) is 15.8 Å². The van der Waals surface area contributed by atoms with Crippen molar-refractivity contribution in [1.82, 2.24) is 0 Å². The summed E-state index contributed by atoms with van der Waals surface area (Å²) < 4.78 is 0. The van der Waals surface area contributed by atoms with Crippen molar-refractivity contribution in [2.45, 2.75) is 6.92 Å². The molecule has 4 nitrogen and oxygen atoms in total. The van der Waals surface area contributed by atoms with Crippen LogP contribution in [0.2, 0.25) is 10.0 Å². The van der Waals surface area contributed by atoms with E-state index in [0.717, 1.165) is 5.56 Å². The van der Waals surface area contributed by atoms with Crippen molar-refractivity contribution in [2.24, 2.45) is 0 Å². The monoisotopic (exact) mass is 276 g/mol. The highest BCUT2D eigenvalue weighted by molar-refractivity contribution is 6.39. The molecule has 0 saturated heterocycles. The van der Waals surface area contributed by atoms with E-state index in [-0.39, 0.29) is 11.3 Å². The van der Waals surface area contributed by atoms with Crippen molar-refractivity contribution >= 4 is 28.9 Å². The minimum Gasteiger partial charge on any atom is -0.343 e. The van der Waals surface area contributed by atoms with Gasteiger partial charge in [0.1, 0.15) is 23.9 Å². The second-order valence-corrected chi connectivity index (χ2v) is 4.05. The number of aryl methyl sites for hydroxylation is 1. The van der Waals surface area contributed by atoms with Gasteiger partial charge in [-0.25, -0.2) is 0 Å². The van der Waals surface area contributed by atoms with E-state index in [1.54, 1.807) is 37.3 Å². The average Bonchev–Trinajstić information content (AvgIpc) is 2.38. The van der Waals surface area contributed by atoms with Crippen molar-refractivity contribution in [3.8, 4) is 18.2 Å². The molecule has 0 aliphatic heterocycles. The van der Waals surface area contributed by atoms with Crippen molar-refractivity contribution in [3.05, 3.63) is 39.0 Å². The fourth-order valence-corrected chi connectivity index (χ4v) is 1.64. The molecule has 1 aromatic carbocycles. The van der Waals surface area contributed by atoms with Crippen LogP contribution in [-0.4, -0.2) is 0 Å². The summed E-state index contributed by atoms with van der Waals surface area (Å²) in [5.41, 5.74) is 0.551. The molecular formula is C12H6Cl2N4. The van der Waals surface area contributed by atoms with Crippen LogP contribution in [0, 0.1) is 40.9 Å². The lowest BCUT2D eigenvalue weighted by Gasteiger charge is -2.10. The average molecular weight is 277 g/mol. The zero-order chi connectivity index (χ0) is 13.7. The van der Waals surface area contributed by atoms with E-state index < -0.39 is 0 Å². The SMILES string of the molecule is Cc1ccc(Cl)c(NC(C#N)=C(C#N)C#N)c1Cl. The largest absolute Gasteiger partial charge is 0.343 e. The number of nitrogens with zero attached hydrogens (tertiary/aromatic N) is 3. The van der Waals surface area contributed by atoms with Gasteiger partial charge in [-0.2, -0.15) is 15.8 Å². The van der Waals surface area contributed by atoms with Gasteiger partial charge < -0.3 is 5.32 Å². The third-order valence-corrected chi connectivity index (χ3v) is 2.92. The molecule has 0 heterocycles. The Kier molecular flexibility index (Phi) is 4.58. The van der Waals surface area contributed by atoms with Crippen LogP contribution < -0.4 is 5.32 Å². The maximum absolute atomic E-state index is 8.91. The topological polar surface area (TPSA) is 83.4 Å². The Morgan fingerprint density at radius 2 is 1.72 bits per heavy atom. The van der Waals surface area contributed by atoms with Crippen LogP contribution in [-0.2, 0) is 0 Å². The first-order valence-corrected chi connectivity index (χ1v) is 5.47. The molecule has 0 spiro atoms. The molecule has 0 radical (unpaired) electrons. The molecule has 1 N–H and O–H groups in total. The van der Waals surface area contributed by atoms with Gasteiger partial charge in [-0.15, -0.1) is 0 Å². The zero-order valence-electron chi connectivity index (χ0n) is 9.25. The number of anilines is 1. The molecule has 0 bridgehead atoms. The molecule has 0 atom stereocenters. The maximum Gasteiger partial charge on any atom is 0.163 e. The summed E-state index contributed by atoms with van der Waals surface area (Å²) in [4.78, 5) is 0. The number of rotatable bonds is 2. The summed E-state index contributed by atoms with van der Waals surface area (Å²) in [5.74, 6) is 0. The standard InChI is InChI=1S/C12H6Cl2N4/c1-7-2-3-9(13)12(11(7)14)18-10(6-17)8(4-15)5-16/h2-3,18H,1H3. The molecule has 1 rings (SSSR count). The Balaban J connectivity index is 3.34. The van der Waals surface area contributed by atoms with Gasteiger partial charge in [0.25, 0.3) is 0 Å². The number of hydrogen-bond acceptors (Lipinski definition) is 4. The van der Waals surface area contributed by atoms with Crippen LogP contribution in [0.5, 0.6) is 0 Å². The van der Waals surface area contributed by atoms with Gasteiger partial charge in [0, 0.05) is 0 Å². The summed E-state index contributed by atoms with van der Waals surface area (Å²) in [6.45, 7) is 1.77. The molecule has 0 amide bonds. The third-order valence-electron chi connectivity index (χ3n) is 2.12. The molecule has 0 saturated carbocycles. The van der Waals surface area contributed by atoms with E-state index in [1.165, 1.54) is 0 Å². The van der Waals surface area contributed by atoms with Crippen LogP contribution in [0.4, 0.5) is 5.69 Å². The molecule has 0 fully saturated rings. The summed E-state index contributed by atoms with van der Waals surface area (Å²) in [6.07, 6.45) is 0. The Bertz CT molecular complexity index is 626. The quantitative estimate of drug-likeness (QED) is 0.838. The molecule has 6 heteroatoms. The Morgan fingerprint density at radius 3 is 2.22 bits per heavy atom. The lowest BCUT2D eigenvalue weighted by Crippen LogP contribution is -2.02. The van der Waals surface area contributed by atoms with Crippen molar-refractivity contribution < 1.29 is 0 Å². The molecule has 0 aliphatic rings. The van der Waals surface area contributed by atoms with Crippen molar-refractivity contribution in [3.63, 3.8) is 0 Å². The van der Waals surface area contributed by atoms with Crippen LogP contribution >= 0.6 is 23.2 Å². The normalized spacial score (nSPS) is 8.67. The highest BCUT2D eigenvalue weighted by Crippen LogP contribution is 2.33. The van der Waals surface area contributed by atoms with Crippen LogP contribution in [0.15, 0.2) is 23.4 Å². The first-order chi connectivity index (χ1) is 8.54. The summed E-state index contributed by atoms with van der Waals surface area (Å²) >= 11 is 12.0. The summed E-state index contributed by atoms with van der Waals surface area (Å²) in [7, 11) is 0. The van der Waals surface area contributed by atoms with E-state index in [1.807, 2.05) is 0 Å². The predicted octanol–water partition coefficient (Wildman–Crippen LogP) is 3.54. The zero-order valence-corrected chi connectivity index (χ0v) is 10.8. The number of halogens is 2. The first kappa shape index (κ1) is 13.9. The fourth-order valence-electron chi connectivity index (χ4n) is 1.18. The molecule has 0 aromatic heterocycles. The van der Waals surface area contributed by atoms with E-state index >= 15 is 0 Å². The summed E-state index contributed by atoms with van der Waals surface area (Å²) in [5, 5.41) is 29.6. The van der Waals surface area contributed by atoms with Gasteiger partial charge in [0.05, 0.1) is 15.7 Å². The molecular weight excluding hydrogens is 271 g/mol. The van der Waals surface area contributed by atoms with Gasteiger partial charge in [0.15, 0.2) is 5.57 Å². The smallest absolute Gasteiger partial charge is 0.163 e. The van der Waals surface area contributed by atoms with Crippen LogP contribution in [0.1, 0.15) is 5.56 Å². The summed E-state index contributed by atoms with van der Waals surface area (Å²) in [6, 6.07) is 8.31. The maximum atomic E-state index is 8.91. The Labute approximate surface area is 114 Å². The van der Waals surface area contributed by atoms with Gasteiger partial charge in [-0.05, 0) is 18.6 Å². The molecule has 0 aliphatic carbocycles. The van der Waals surface area contributed by atoms with E-state index in [2.05, 4.69) is 5.32 Å². The molecule has 88 valence electrons. The van der Waals surface area contributed by atoms with Gasteiger partial charge >= 0.3 is 0 Å². The number of benzene rings is 1. The van der Waals surface area contributed by atoms with E-state index in [4.69, 9.17) is 39.0 Å². The van der Waals surface area contributed by atoms with Crippen LogP contribution in [0.25, 0.3) is 0 Å². The number of hydrogen-bond donors (Lipinski definition) is 1. The predicted molar refractivity (Wildman–Crippen MR) is 68.7 cm³/mol. The molecule has 0 unspecified atom stereocenters. The minimum absolute atomic E-state index is 0.186. The number of allylic oxidation sites excluding steroid dienone is 2. The molecule has 1 aromatic rings. The fraction of sp³-hybridized carbons (Fsp3) is 0.0833. The van der Waals surface area contributed by atoms with Crippen LogP contribution in [0.3, 0.4) is 0 Å². The minimum atomic E-state index is -0.328. The van der Waals surface area contributed by atoms with Gasteiger partial charge in [0.2, 0.25) is 0 Å². The lowest BCUT2D eigenvalue weighted by atomic mass is 10.2. The van der Waals surface area contributed by atoms with E-state index in [0.29, 0.717) is 15.7 Å². The van der Waals surface area contributed by atoms with E-state index in [9.17, 15) is 0 Å². The second-order valence-electron chi connectivity index (χ2n) is 3.26. The number of nitrogens with one attached hydrogen (secondary N) is 1. The first-order valence-electron chi connectivity index (χ1n) is 4.71. The van der Waals surface area contributed by atoms with Gasteiger partial charge in [-0.1, -0.05) is 29.3 Å². The van der Waals surface area contributed by atoms with Crippen molar-refractivity contribution in [2.75, 3.05) is 5.32 Å². The molecule has 18 heavy (non-hydrogen) atoms. The second kappa shape index (κ2) is 5.94. The lowest BCUT2D eigenvalue weighted by molar-refractivity contribution is 1.36. The number of nitriles is 3. The Morgan fingerprint density at radius 1 is 1.11 bits per heavy atom. The highest BCUT2D eigenvalue weighted by atomic mass is 35.5. The highest BCUT2D eigenvalue weighted by Gasteiger charge is 2.12.